The van der Waals surface area contributed by atoms with Crippen molar-refractivity contribution < 1.29 is 22.7 Å². The maximum Gasteiger partial charge on any atom is 0.243 e. The Hall–Kier alpha value is -2.58. The van der Waals surface area contributed by atoms with Crippen LogP contribution in [0.4, 0.5) is 0 Å². The molecular formula is C23H28N2O5S. The highest BCUT2D eigenvalue weighted by Crippen LogP contribution is 2.31. The second kappa shape index (κ2) is 9.28. The molecule has 0 aliphatic carbocycles. The van der Waals surface area contributed by atoms with Gasteiger partial charge in [-0.1, -0.05) is 18.2 Å². The van der Waals surface area contributed by atoms with Gasteiger partial charge in [0.1, 0.15) is 13.2 Å². The fourth-order valence-corrected chi connectivity index (χ4v) is 5.41. The van der Waals surface area contributed by atoms with Gasteiger partial charge in [-0.3, -0.25) is 4.79 Å². The zero-order valence-electron chi connectivity index (χ0n) is 17.7. The first-order valence-corrected chi connectivity index (χ1v) is 12.1. The van der Waals surface area contributed by atoms with Crippen LogP contribution in [-0.4, -0.2) is 56.9 Å². The summed E-state index contributed by atoms with van der Waals surface area (Å²) in [4.78, 5) is 14.6. The van der Waals surface area contributed by atoms with Gasteiger partial charge in [0.2, 0.25) is 15.9 Å². The molecule has 1 saturated heterocycles. The van der Waals surface area contributed by atoms with Crippen LogP contribution in [0.3, 0.4) is 0 Å². The number of fused-ring (bicyclic) bond motifs is 1. The van der Waals surface area contributed by atoms with Gasteiger partial charge < -0.3 is 14.4 Å². The van der Waals surface area contributed by atoms with Crippen LogP contribution >= 0.6 is 0 Å². The first kappa shape index (κ1) is 21.6. The number of ether oxygens (including phenoxy) is 2. The van der Waals surface area contributed by atoms with E-state index < -0.39 is 10.0 Å². The van der Waals surface area contributed by atoms with Crippen LogP contribution in [0.5, 0.6) is 11.5 Å². The van der Waals surface area contributed by atoms with Crippen molar-refractivity contribution in [1.29, 1.82) is 0 Å². The molecule has 166 valence electrons. The second-order valence-electron chi connectivity index (χ2n) is 7.98. The molecule has 31 heavy (non-hydrogen) atoms. The molecule has 0 aromatic heterocycles. The summed E-state index contributed by atoms with van der Waals surface area (Å²) in [5.41, 5.74) is 1.93. The van der Waals surface area contributed by atoms with Crippen molar-refractivity contribution in [3.8, 4) is 11.5 Å². The lowest BCUT2D eigenvalue weighted by molar-refractivity contribution is -0.130. The Morgan fingerprint density at radius 1 is 0.968 bits per heavy atom. The molecule has 2 aromatic rings. The van der Waals surface area contributed by atoms with Gasteiger partial charge in [0.15, 0.2) is 11.5 Å². The highest BCUT2D eigenvalue weighted by molar-refractivity contribution is 7.89. The third-order valence-electron chi connectivity index (χ3n) is 5.71. The predicted octanol–water partition coefficient (Wildman–Crippen LogP) is 2.83. The smallest absolute Gasteiger partial charge is 0.243 e. The number of hydrogen-bond donors (Lipinski definition) is 0. The van der Waals surface area contributed by atoms with Crippen LogP contribution in [0, 0.1) is 0 Å². The Morgan fingerprint density at radius 3 is 2.32 bits per heavy atom. The summed E-state index contributed by atoms with van der Waals surface area (Å²) in [5.74, 6) is 1.48. The summed E-state index contributed by atoms with van der Waals surface area (Å²) < 4.78 is 37.9. The van der Waals surface area contributed by atoms with E-state index in [1.807, 2.05) is 18.2 Å². The maximum atomic E-state index is 12.6. The summed E-state index contributed by atoms with van der Waals surface area (Å²) in [7, 11) is -1.62. The molecule has 2 heterocycles. The Balaban J connectivity index is 1.31. The Bertz CT molecular complexity index is 1030. The standard InChI is InChI=1S/C23H28N2O5S/c1-24(17-19-6-10-21-22(16-19)30-15-14-29-21)23(26)11-7-18-4-8-20(9-5-18)31(27,28)25-12-2-3-13-25/h4-6,8-10,16H,2-3,7,11-15,17H2,1H3. The van der Waals surface area contributed by atoms with Crippen LogP contribution in [0.2, 0.25) is 0 Å². The monoisotopic (exact) mass is 444 g/mol. The van der Waals surface area contributed by atoms with E-state index in [0.717, 1.165) is 29.7 Å². The van der Waals surface area contributed by atoms with Gasteiger partial charge >= 0.3 is 0 Å². The predicted molar refractivity (Wildman–Crippen MR) is 117 cm³/mol. The summed E-state index contributed by atoms with van der Waals surface area (Å²) in [5, 5.41) is 0. The van der Waals surface area contributed by atoms with E-state index in [1.54, 1.807) is 40.5 Å². The zero-order chi connectivity index (χ0) is 21.8. The van der Waals surface area contributed by atoms with Crippen LogP contribution in [0.15, 0.2) is 47.4 Å². The number of carbonyl (C=O) groups is 1. The molecule has 0 bridgehead atoms. The Morgan fingerprint density at radius 2 is 1.61 bits per heavy atom. The number of aryl methyl sites for hydroxylation is 1. The number of nitrogens with zero attached hydrogens (tertiary/aromatic N) is 2. The van der Waals surface area contributed by atoms with Crippen LogP contribution < -0.4 is 9.47 Å². The minimum absolute atomic E-state index is 0.0312. The van der Waals surface area contributed by atoms with Gasteiger partial charge in [-0.15, -0.1) is 0 Å². The molecule has 0 N–H and O–H groups in total. The number of hydrogen-bond acceptors (Lipinski definition) is 5. The second-order valence-corrected chi connectivity index (χ2v) is 9.92. The molecule has 0 saturated carbocycles. The molecule has 0 unspecified atom stereocenters. The molecule has 2 aliphatic rings. The number of carbonyl (C=O) groups excluding carboxylic acids is 1. The van der Waals surface area contributed by atoms with Gasteiger partial charge in [0, 0.05) is 33.1 Å². The van der Waals surface area contributed by atoms with E-state index in [-0.39, 0.29) is 5.91 Å². The SMILES string of the molecule is CN(Cc1ccc2c(c1)OCCO2)C(=O)CCc1ccc(S(=O)(=O)N2CCCC2)cc1. The van der Waals surface area contributed by atoms with Gasteiger partial charge in [0.05, 0.1) is 4.90 Å². The minimum atomic E-state index is -3.40. The third-order valence-corrected chi connectivity index (χ3v) is 7.62. The molecule has 1 amide bonds. The van der Waals surface area contributed by atoms with Crippen LogP contribution in [0.25, 0.3) is 0 Å². The topological polar surface area (TPSA) is 76.1 Å². The molecule has 0 atom stereocenters. The van der Waals surface area contributed by atoms with Crippen molar-refractivity contribution in [2.75, 3.05) is 33.4 Å². The number of rotatable bonds is 7. The average molecular weight is 445 g/mol. The minimum Gasteiger partial charge on any atom is -0.486 e. The molecule has 0 spiro atoms. The third kappa shape index (κ3) is 5.02. The lowest BCUT2D eigenvalue weighted by Gasteiger charge is -2.21. The highest BCUT2D eigenvalue weighted by Gasteiger charge is 2.26. The Labute approximate surface area is 183 Å². The molecule has 4 rings (SSSR count). The van der Waals surface area contributed by atoms with Crippen LogP contribution in [0.1, 0.15) is 30.4 Å². The van der Waals surface area contributed by atoms with E-state index in [0.29, 0.717) is 56.3 Å². The van der Waals surface area contributed by atoms with Crippen molar-refractivity contribution in [2.45, 2.75) is 37.1 Å². The number of amides is 1. The average Bonchev–Trinajstić information content (AvgIpc) is 3.33. The summed E-state index contributed by atoms with van der Waals surface area (Å²) >= 11 is 0. The van der Waals surface area contributed by atoms with Gasteiger partial charge in [-0.25, -0.2) is 8.42 Å². The Kier molecular flexibility index (Phi) is 6.48. The van der Waals surface area contributed by atoms with Gasteiger partial charge in [-0.05, 0) is 54.7 Å². The first-order chi connectivity index (χ1) is 14.9. The number of sulfonamides is 1. The zero-order valence-corrected chi connectivity index (χ0v) is 18.6. The fraction of sp³-hybridized carbons (Fsp3) is 0.435. The van der Waals surface area contributed by atoms with Crippen molar-refractivity contribution in [3.63, 3.8) is 0 Å². The highest BCUT2D eigenvalue weighted by atomic mass is 32.2. The van der Waals surface area contributed by atoms with Crippen molar-refractivity contribution in [1.82, 2.24) is 9.21 Å². The summed E-state index contributed by atoms with van der Waals surface area (Å²) in [6.45, 7) is 2.75. The molecular weight excluding hydrogens is 416 g/mol. The molecule has 2 aromatic carbocycles. The lowest BCUT2D eigenvalue weighted by Crippen LogP contribution is -2.27. The first-order valence-electron chi connectivity index (χ1n) is 10.6. The molecule has 2 aliphatic heterocycles. The number of benzene rings is 2. The van der Waals surface area contributed by atoms with Crippen LogP contribution in [-0.2, 0) is 27.8 Å². The molecule has 0 radical (unpaired) electrons. The van der Waals surface area contributed by atoms with Crippen molar-refractivity contribution in [2.24, 2.45) is 0 Å². The van der Waals surface area contributed by atoms with E-state index >= 15 is 0 Å². The normalized spacial score (nSPS) is 16.3. The van der Waals surface area contributed by atoms with Gasteiger partial charge in [0.25, 0.3) is 0 Å². The van der Waals surface area contributed by atoms with Crippen molar-refractivity contribution >= 4 is 15.9 Å². The summed E-state index contributed by atoms with van der Waals surface area (Å²) in [6, 6.07) is 12.6. The quantitative estimate of drug-likeness (QED) is 0.656. The lowest BCUT2D eigenvalue weighted by atomic mass is 10.1. The molecule has 1 fully saturated rings. The molecule has 7 nitrogen and oxygen atoms in total. The largest absolute Gasteiger partial charge is 0.486 e. The fourth-order valence-electron chi connectivity index (χ4n) is 3.90. The van der Waals surface area contributed by atoms with Gasteiger partial charge in [-0.2, -0.15) is 4.31 Å². The molecule has 8 heteroatoms. The van der Waals surface area contributed by atoms with Crippen molar-refractivity contribution in [3.05, 3.63) is 53.6 Å². The van der Waals surface area contributed by atoms with E-state index in [1.165, 1.54) is 0 Å². The maximum absolute atomic E-state index is 12.6. The summed E-state index contributed by atoms with van der Waals surface area (Å²) in [6.07, 6.45) is 2.76. The van der Waals surface area contributed by atoms with E-state index in [9.17, 15) is 13.2 Å². The van der Waals surface area contributed by atoms with E-state index in [4.69, 9.17) is 9.47 Å². The van der Waals surface area contributed by atoms with E-state index in [2.05, 4.69) is 0 Å².